The molecule has 0 aliphatic rings. The molecular formula is C22H29N4O4+. The minimum atomic E-state index is -0.335. The van der Waals surface area contributed by atoms with Crippen LogP contribution in [0.5, 0.6) is 5.75 Å². The van der Waals surface area contributed by atoms with Crippen LogP contribution in [0.15, 0.2) is 48.5 Å². The first-order valence-electron chi connectivity index (χ1n) is 9.91. The number of anilines is 2. The van der Waals surface area contributed by atoms with Gasteiger partial charge in [-0.1, -0.05) is 12.1 Å². The van der Waals surface area contributed by atoms with Crippen LogP contribution in [0, 0.1) is 0 Å². The number of hydrogen-bond acceptors (Lipinski definition) is 4. The van der Waals surface area contributed by atoms with Gasteiger partial charge >= 0.3 is 0 Å². The van der Waals surface area contributed by atoms with Crippen molar-refractivity contribution in [3.8, 4) is 5.75 Å². The van der Waals surface area contributed by atoms with Gasteiger partial charge in [-0.15, -0.1) is 0 Å². The summed E-state index contributed by atoms with van der Waals surface area (Å²) in [6, 6.07) is 13.8. The Morgan fingerprint density at radius 3 is 2.20 bits per heavy atom. The van der Waals surface area contributed by atoms with Gasteiger partial charge in [-0.25, -0.2) is 0 Å². The summed E-state index contributed by atoms with van der Waals surface area (Å²) in [5.41, 5.74) is 1.39. The number of carbonyl (C=O) groups excluding carboxylic acids is 3. The third kappa shape index (κ3) is 6.89. The van der Waals surface area contributed by atoms with Crippen molar-refractivity contribution in [2.24, 2.45) is 0 Å². The fourth-order valence-electron chi connectivity index (χ4n) is 2.88. The molecule has 160 valence electrons. The first-order chi connectivity index (χ1) is 14.5. The van der Waals surface area contributed by atoms with Crippen molar-refractivity contribution in [2.75, 3.05) is 43.9 Å². The van der Waals surface area contributed by atoms with Gasteiger partial charge in [0.2, 0.25) is 0 Å². The predicted molar refractivity (Wildman–Crippen MR) is 116 cm³/mol. The van der Waals surface area contributed by atoms with Crippen LogP contribution in [0.3, 0.4) is 0 Å². The molecule has 0 radical (unpaired) electrons. The highest BCUT2D eigenvalue weighted by atomic mass is 16.5. The van der Waals surface area contributed by atoms with E-state index in [-0.39, 0.29) is 30.8 Å². The topological polar surface area (TPSA) is 101 Å². The molecule has 0 aliphatic carbocycles. The number of quaternary nitrogens is 1. The molecule has 1 atom stereocenters. The normalized spacial score (nSPS) is 11.3. The van der Waals surface area contributed by atoms with Gasteiger partial charge in [0.25, 0.3) is 17.7 Å². The summed E-state index contributed by atoms with van der Waals surface area (Å²) in [7, 11) is 1.57. The molecule has 1 unspecified atom stereocenters. The Morgan fingerprint density at radius 2 is 1.57 bits per heavy atom. The Kier molecular flexibility index (Phi) is 8.83. The Bertz CT molecular complexity index is 868. The molecular weight excluding hydrogens is 384 g/mol. The lowest BCUT2D eigenvalue weighted by Crippen LogP contribution is -3.14. The summed E-state index contributed by atoms with van der Waals surface area (Å²) >= 11 is 0. The van der Waals surface area contributed by atoms with E-state index < -0.39 is 0 Å². The summed E-state index contributed by atoms with van der Waals surface area (Å²) in [4.78, 5) is 37.8. The Hall–Kier alpha value is -3.39. The number of para-hydroxylation sites is 1. The lowest BCUT2D eigenvalue weighted by molar-refractivity contribution is -0.881. The van der Waals surface area contributed by atoms with Gasteiger partial charge in [-0.05, 0) is 50.2 Å². The highest BCUT2D eigenvalue weighted by Crippen LogP contribution is 2.19. The first-order valence-corrected chi connectivity index (χ1v) is 9.91. The summed E-state index contributed by atoms with van der Waals surface area (Å²) < 4.78 is 5.11. The van der Waals surface area contributed by atoms with Crippen molar-refractivity contribution in [3.05, 3.63) is 54.1 Å². The highest BCUT2D eigenvalue weighted by molar-refractivity contribution is 6.10. The van der Waals surface area contributed by atoms with Crippen molar-refractivity contribution in [2.45, 2.75) is 13.8 Å². The monoisotopic (exact) mass is 413 g/mol. The number of methoxy groups -OCH3 is 1. The molecule has 30 heavy (non-hydrogen) atoms. The van der Waals surface area contributed by atoms with Gasteiger partial charge in [0, 0.05) is 12.2 Å². The maximum Gasteiger partial charge on any atom is 0.279 e. The highest BCUT2D eigenvalue weighted by Gasteiger charge is 2.18. The summed E-state index contributed by atoms with van der Waals surface area (Å²) in [5, 5.41) is 8.34. The van der Waals surface area contributed by atoms with E-state index in [1.165, 1.54) is 0 Å². The molecule has 8 nitrogen and oxygen atoms in total. The molecule has 4 N–H and O–H groups in total. The van der Waals surface area contributed by atoms with Crippen LogP contribution >= 0.6 is 0 Å². The molecule has 8 heteroatoms. The third-order valence-corrected chi connectivity index (χ3v) is 4.49. The van der Waals surface area contributed by atoms with E-state index in [0.29, 0.717) is 35.8 Å². The van der Waals surface area contributed by atoms with Crippen molar-refractivity contribution in [3.63, 3.8) is 0 Å². The van der Waals surface area contributed by atoms with Crippen LogP contribution in [-0.2, 0) is 9.59 Å². The predicted octanol–water partition coefficient (Wildman–Crippen LogP) is 0.927. The fourth-order valence-corrected chi connectivity index (χ4v) is 2.88. The van der Waals surface area contributed by atoms with E-state index in [4.69, 9.17) is 4.74 Å². The van der Waals surface area contributed by atoms with Crippen molar-refractivity contribution < 1.29 is 24.0 Å². The molecule has 2 aromatic carbocycles. The zero-order valence-corrected chi connectivity index (χ0v) is 17.6. The van der Waals surface area contributed by atoms with Crippen molar-refractivity contribution >= 4 is 29.1 Å². The molecule has 2 rings (SSSR count). The zero-order valence-electron chi connectivity index (χ0n) is 17.6. The number of amides is 3. The molecule has 0 heterocycles. The van der Waals surface area contributed by atoms with Crippen LogP contribution < -0.4 is 25.6 Å². The van der Waals surface area contributed by atoms with Gasteiger partial charge < -0.3 is 25.6 Å². The van der Waals surface area contributed by atoms with E-state index in [2.05, 4.69) is 16.0 Å². The van der Waals surface area contributed by atoms with E-state index in [1.807, 2.05) is 13.8 Å². The van der Waals surface area contributed by atoms with E-state index >= 15 is 0 Å². The second-order valence-corrected chi connectivity index (χ2v) is 6.69. The number of nitrogens with one attached hydrogen (secondary N) is 4. The number of carbonyl (C=O) groups is 3. The van der Waals surface area contributed by atoms with E-state index in [9.17, 15) is 14.4 Å². The van der Waals surface area contributed by atoms with Crippen LogP contribution in [0.4, 0.5) is 11.4 Å². The Morgan fingerprint density at radius 1 is 0.900 bits per heavy atom. The van der Waals surface area contributed by atoms with Gasteiger partial charge in [-0.2, -0.15) is 0 Å². The first kappa shape index (κ1) is 22.9. The molecule has 0 aromatic heterocycles. The summed E-state index contributed by atoms with van der Waals surface area (Å²) in [6.45, 7) is 5.30. The van der Waals surface area contributed by atoms with Gasteiger partial charge in [0.15, 0.2) is 13.1 Å². The standard InChI is InChI=1S/C22H28N4O4/c1-4-23-20(27)14-26(5-2)15-21(28)25-19-9-7-6-8-18(19)22(29)24-16-10-12-17(30-3)13-11-16/h6-13H,4-5,14-15H2,1-3H3,(H,23,27)(H,24,29)(H,25,28)/p+1. The average molecular weight is 413 g/mol. The maximum absolute atomic E-state index is 12.7. The minimum Gasteiger partial charge on any atom is -0.497 e. The number of rotatable bonds is 10. The van der Waals surface area contributed by atoms with E-state index in [0.717, 1.165) is 4.90 Å². The van der Waals surface area contributed by atoms with Crippen LogP contribution in [-0.4, -0.2) is 51.0 Å². The Labute approximate surface area is 176 Å². The smallest absolute Gasteiger partial charge is 0.279 e. The second kappa shape index (κ2) is 11.6. The number of benzene rings is 2. The number of hydrogen-bond donors (Lipinski definition) is 4. The van der Waals surface area contributed by atoms with Crippen LogP contribution in [0.25, 0.3) is 0 Å². The molecule has 3 amide bonds. The molecule has 0 aliphatic heterocycles. The molecule has 0 saturated heterocycles. The maximum atomic E-state index is 12.7. The number of ether oxygens (including phenoxy) is 1. The zero-order chi connectivity index (χ0) is 21.9. The fraction of sp³-hybridized carbons (Fsp3) is 0.318. The molecule has 0 bridgehead atoms. The van der Waals surface area contributed by atoms with Gasteiger partial charge in [0.05, 0.1) is 24.9 Å². The largest absolute Gasteiger partial charge is 0.497 e. The van der Waals surface area contributed by atoms with Gasteiger partial charge in [-0.3, -0.25) is 14.4 Å². The van der Waals surface area contributed by atoms with Crippen molar-refractivity contribution in [1.29, 1.82) is 0 Å². The third-order valence-electron chi connectivity index (χ3n) is 4.49. The number of likely N-dealkylation sites (N-methyl/N-ethyl adjacent to an activating group) is 2. The average Bonchev–Trinajstić information content (AvgIpc) is 2.74. The molecule has 0 fully saturated rings. The second-order valence-electron chi connectivity index (χ2n) is 6.69. The lowest BCUT2D eigenvalue weighted by atomic mass is 10.1. The summed E-state index contributed by atoms with van der Waals surface area (Å²) in [6.07, 6.45) is 0. The summed E-state index contributed by atoms with van der Waals surface area (Å²) in [5.74, 6) is -0.00314. The SMILES string of the molecule is CCNC(=O)C[NH+](CC)CC(=O)Nc1ccccc1C(=O)Nc1ccc(OC)cc1. The van der Waals surface area contributed by atoms with Crippen LogP contribution in [0.1, 0.15) is 24.2 Å². The molecule has 0 saturated carbocycles. The quantitative estimate of drug-likeness (QED) is 0.465. The van der Waals surface area contributed by atoms with Crippen molar-refractivity contribution in [1.82, 2.24) is 5.32 Å². The lowest BCUT2D eigenvalue weighted by Gasteiger charge is -2.17. The Balaban J connectivity index is 2.03. The van der Waals surface area contributed by atoms with Crippen LogP contribution in [0.2, 0.25) is 0 Å². The molecule has 0 spiro atoms. The molecule has 2 aromatic rings. The van der Waals surface area contributed by atoms with Gasteiger partial charge in [0.1, 0.15) is 5.75 Å². The minimum absolute atomic E-state index is 0.0959. The van der Waals surface area contributed by atoms with E-state index in [1.54, 1.807) is 55.6 Å².